The SMILES string of the molecule is CCCN(Cc1ccc(OC)cc1)[C@@H]1C[C@@H]2C[C@H]([C@H]1C)C2(C)C. The number of fused-ring (bicyclic) bond motifs is 2. The lowest BCUT2D eigenvalue weighted by Crippen LogP contribution is -2.60. The number of benzene rings is 1. The first-order chi connectivity index (χ1) is 11.0. The first-order valence-corrected chi connectivity index (χ1v) is 9.34. The highest BCUT2D eigenvalue weighted by Crippen LogP contribution is 2.62. The standard InChI is InChI=1S/C21H33NO/c1-6-11-22(14-16-7-9-18(23-5)10-8-16)20-13-17-12-19(15(20)2)21(17,3)4/h7-10,15,17,19-20H,6,11-14H2,1-5H3/t15-,17+,19-,20-/m1/s1. The van der Waals surface area contributed by atoms with Gasteiger partial charge in [0.15, 0.2) is 0 Å². The van der Waals surface area contributed by atoms with Crippen molar-refractivity contribution in [2.75, 3.05) is 13.7 Å². The molecule has 3 aliphatic carbocycles. The van der Waals surface area contributed by atoms with Crippen LogP contribution in [0.15, 0.2) is 24.3 Å². The lowest BCUT2D eigenvalue weighted by molar-refractivity contribution is -0.140. The lowest BCUT2D eigenvalue weighted by atomic mass is 9.44. The summed E-state index contributed by atoms with van der Waals surface area (Å²) in [6.45, 7) is 12.1. The third-order valence-electron chi connectivity index (χ3n) is 6.84. The van der Waals surface area contributed by atoms with Crippen LogP contribution in [0.2, 0.25) is 0 Å². The molecule has 3 saturated carbocycles. The predicted molar refractivity (Wildman–Crippen MR) is 96.6 cm³/mol. The summed E-state index contributed by atoms with van der Waals surface area (Å²) in [6.07, 6.45) is 4.09. The van der Waals surface area contributed by atoms with Crippen molar-refractivity contribution in [3.8, 4) is 5.75 Å². The topological polar surface area (TPSA) is 12.5 Å². The highest BCUT2D eigenvalue weighted by molar-refractivity contribution is 5.27. The fourth-order valence-corrected chi connectivity index (χ4v) is 5.22. The number of nitrogens with zero attached hydrogens (tertiary/aromatic N) is 1. The van der Waals surface area contributed by atoms with Gasteiger partial charge < -0.3 is 4.74 Å². The average molecular weight is 316 g/mol. The molecule has 2 bridgehead atoms. The lowest BCUT2D eigenvalue weighted by Gasteiger charge is -2.63. The Morgan fingerprint density at radius 3 is 2.39 bits per heavy atom. The monoisotopic (exact) mass is 315 g/mol. The van der Waals surface area contributed by atoms with Gasteiger partial charge in [-0.05, 0) is 66.7 Å². The van der Waals surface area contributed by atoms with Crippen LogP contribution < -0.4 is 4.74 Å². The van der Waals surface area contributed by atoms with Crippen LogP contribution in [0.25, 0.3) is 0 Å². The second-order valence-corrected chi connectivity index (χ2v) is 8.34. The predicted octanol–water partition coefficient (Wildman–Crippen LogP) is 4.98. The molecule has 0 aliphatic heterocycles. The Hall–Kier alpha value is -1.02. The van der Waals surface area contributed by atoms with E-state index >= 15 is 0 Å². The van der Waals surface area contributed by atoms with E-state index in [1.807, 2.05) is 0 Å². The van der Waals surface area contributed by atoms with Crippen molar-refractivity contribution in [3.63, 3.8) is 0 Å². The third-order valence-corrected chi connectivity index (χ3v) is 6.84. The van der Waals surface area contributed by atoms with E-state index < -0.39 is 0 Å². The molecule has 2 nitrogen and oxygen atoms in total. The summed E-state index contributed by atoms with van der Waals surface area (Å²) in [5.74, 6) is 3.62. The largest absolute Gasteiger partial charge is 0.497 e. The molecule has 0 heterocycles. The maximum absolute atomic E-state index is 5.28. The van der Waals surface area contributed by atoms with Gasteiger partial charge in [0, 0.05) is 12.6 Å². The van der Waals surface area contributed by atoms with E-state index in [2.05, 4.69) is 56.9 Å². The van der Waals surface area contributed by atoms with Gasteiger partial charge in [-0.3, -0.25) is 4.90 Å². The molecule has 1 aromatic carbocycles. The third kappa shape index (κ3) is 3.03. The first-order valence-electron chi connectivity index (χ1n) is 9.34. The quantitative estimate of drug-likeness (QED) is 0.734. The van der Waals surface area contributed by atoms with Crippen LogP contribution >= 0.6 is 0 Å². The zero-order valence-electron chi connectivity index (χ0n) is 15.5. The van der Waals surface area contributed by atoms with E-state index in [1.54, 1.807) is 7.11 Å². The highest BCUT2D eigenvalue weighted by Gasteiger charge is 2.56. The van der Waals surface area contributed by atoms with Gasteiger partial charge in [-0.25, -0.2) is 0 Å². The zero-order chi connectivity index (χ0) is 16.6. The van der Waals surface area contributed by atoms with Crippen molar-refractivity contribution in [2.45, 2.75) is 59.5 Å². The van der Waals surface area contributed by atoms with E-state index in [4.69, 9.17) is 4.74 Å². The molecular weight excluding hydrogens is 282 g/mol. The number of hydrogen-bond donors (Lipinski definition) is 0. The first kappa shape index (κ1) is 16.8. The Morgan fingerprint density at radius 1 is 1.17 bits per heavy atom. The minimum absolute atomic E-state index is 0.577. The van der Waals surface area contributed by atoms with Crippen LogP contribution in [-0.4, -0.2) is 24.6 Å². The average Bonchev–Trinajstić information content (AvgIpc) is 2.54. The minimum Gasteiger partial charge on any atom is -0.497 e. The second-order valence-electron chi connectivity index (χ2n) is 8.34. The van der Waals surface area contributed by atoms with E-state index in [0.717, 1.165) is 36.1 Å². The van der Waals surface area contributed by atoms with Gasteiger partial charge in [0.1, 0.15) is 5.75 Å². The maximum atomic E-state index is 5.28. The molecule has 23 heavy (non-hydrogen) atoms. The number of methoxy groups -OCH3 is 1. The van der Waals surface area contributed by atoms with E-state index in [9.17, 15) is 0 Å². The van der Waals surface area contributed by atoms with Gasteiger partial charge in [-0.1, -0.05) is 39.8 Å². The van der Waals surface area contributed by atoms with E-state index in [1.165, 1.54) is 31.4 Å². The Morgan fingerprint density at radius 2 is 1.87 bits per heavy atom. The van der Waals surface area contributed by atoms with Crippen LogP contribution in [0.1, 0.15) is 52.5 Å². The van der Waals surface area contributed by atoms with Crippen LogP contribution in [0.5, 0.6) is 5.75 Å². The van der Waals surface area contributed by atoms with Gasteiger partial charge >= 0.3 is 0 Å². The molecule has 3 aliphatic rings. The summed E-state index contributed by atoms with van der Waals surface area (Å²) in [5, 5.41) is 0. The van der Waals surface area contributed by atoms with Gasteiger partial charge in [0.25, 0.3) is 0 Å². The van der Waals surface area contributed by atoms with Crippen LogP contribution in [0.4, 0.5) is 0 Å². The Kier molecular flexibility index (Phi) is 4.73. The fraction of sp³-hybridized carbons (Fsp3) is 0.714. The minimum atomic E-state index is 0.577. The fourth-order valence-electron chi connectivity index (χ4n) is 5.22. The molecular formula is C21H33NO. The van der Waals surface area contributed by atoms with Crippen molar-refractivity contribution >= 4 is 0 Å². The Balaban J connectivity index is 1.71. The maximum Gasteiger partial charge on any atom is 0.118 e. The highest BCUT2D eigenvalue weighted by atomic mass is 16.5. The summed E-state index contributed by atoms with van der Waals surface area (Å²) >= 11 is 0. The molecule has 2 heteroatoms. The van der Waals surface area contributed by atoms with Crippen LogP contribution in [0, 0.1) is 23.2 Å². The van der Waals surface area contributed by atoms with E-state index in [-0.39, 0.29) is 0 Å². The zero-order valence-corrected chi connectivity index (χ0v) is 15.5. The van der Waals surface area contributed by atoms with Crippen molar-refractivity contribution < 1.29 is 4.74 Å². The molecule has 3 fully saturated rings. The molecule has 0 amide bonds. The molecule has 4 atom stereocenters. The number of hydrogen-bond acceptors (Lipinski definition) is 2. The molecule has 128 valence electrons. The van der Waals surface area contributed by atoms with Crippen molar-refractivity contribution in [2.24, 2.45) is 23.2 Å². The molecule has 0 unspecified atom stereocenters. The summed E-state index contributed by atoms with van der Waals surface area (Å²) in [7, 11) is 1.73. The molecule has 0 aromatic heterocycles. The van der Waals surface area contributed by atoms with E-state index in [0.29, 0.717) is 5.41 Å². The normalized spacial score (nSPS) is 31.7. The molecule has 0 spiro atoms. The van der Waals surface area contributed by atoms with Crippen molar-refractivity contribution in [1.82, 2.24) is 4.90 Å². The molecule has 0 radical (unpaired) electrons. The molecule has 1 aromatic rings. The van der Waals surface area contributed by atoms with Crippen molar-refractivity contribution in [1.29, 1.82) is 0 Å². The van der Waals surface area contributed by atoms with Gasteiger partial charge in [-0.15, -0.1) is 0 Å². The second kappa shape index (κ2) is 6.47. The molecule has 4 rings (SSSR count). The molecule has 0 N–H and O–H groups in total. The summed E-state index contributed by atoms with van der Waals surface area (Å²) in [5.41, 5.74) is 1.98. The van der Waals surface area contributed by atoms with Crippen LogP contribution in [0.3, 0.4) is 0 Å². The smallest absolute Gasteiger partial charge is 0.118 e. The van der Waals surface area contributed by atoms with Crippen LogP contribution in [-0.2, 0) is 6.54 Å². The summed E-state index contributed by atoms with van der Waals surface area (Å²) in [4.78, 5) is 2.75. The van der Waals surface area contributed by atoms with Gasteiger partial charge in [-0.2, -0.15) is 0 Å². The summed E-state index contributed by atoms with van der Waals surface area (Å²) in [6, 6.07) is 9.38. The van der Waals surface area contributed by atoms with Crippen molar-refractivity contribution in [3.05, 3.63) is 29.8 Å². The summed E-state index contributed by atoms with van der Waals surface area (Å²) < 4.78 is 5.28. The van der Waals surface area contributed by atoms with Gasteiger partial charge in [0.05, 0.1) is 7.11 Å². The Labute approximate surface area is 142 Å². The molecule has 0 saturated heterocycles. The number of ether oxygens (including phenoxy) is 1. The number of rotatable bonds is 6. The Bertz CT molecular complexity index is 521. The van der Waals surface area contributed by atoms with Gasteiger partial charge in [0.2, 0.25) is 0 Å².